The number of aliphatic hydroxyl groups excluding tert-OH is 1. The molecule has 55 heavy (non-hydrogen) atoms. The normalized spacial score (nSPS) is 14.0. The van der Waals surface area contributed by atoms with Crippen LogP contribution in [-0.4, -0.2) is 136 Å². The molecule has 20 nitrogen and oxygen atoms in total. The van der Waals surface area contributed by atoms with Gasteiger partial charge in [-0.1, -0.05) is 30.3 Å². The number of thiol groups is 1. The molecule has 0 aliphatic carbocycles. The Labute approximate surface area is 327 Å². The maximum atomic E-state index is 13.9. The first-order valence-corrected chi connectivity index (χ1v) is 19.1. The molecule has 0 saturated carbocycles. The molecule has 13 N–H and O–H groups in total. The molecule has 0 fully saturated rings. The average molecular weight is 814 g/mol. The van der Waals surface area contributed by atoms with Crippen LogP contribution in [-0.2, 0) is 44.8 Å². The van der Waals surface area contributed by atoms with Crippen LogP contribution in [0.5, 0.6) is 0 Å². The van der Waals surface area contributed by atoms with E-state index in [0.29, 0.717) is 11.3 Å². The van der Waals surface area contributed by atoms with E-state index in [4.69, 9.17) is 11.1 Å². The molecule has 0 aliphatic rings. The molecule has 1 aromatic rings. The molecule has 1 aromatic carbocycles. The number of guanidine groups is 1. The van der Waals surface area contributed by atoms with Crippen molar-refractivity contribution in [1.82, 2.24) is 37.2 Å². The first-order chi connectivity index (χ1) is 26.0. The van der Waals surface area contributed by atoms with Gasteiger partial charge in [0.05, 0.1) is 6.61 Å². The van der Waals surface area contributed by atoms with Crippen molar-refractivity contribution in [3.05, 3.63) is 35.9 Å². The summed E-state index contributed by atoms with van der Waals surface area (Å²) in [5.41, 5.74) is 5.93. The second kappa shape index (κ2) is 25.8. The number of nitrogens with one attached hydrogen (secondary N) is 8. The van der Waals surface area contributed by atoms with E-state index in [9.17, 15) is 53.7 Å². The molecular formula is C33H51N9O11S2. The van der Waals surface area contributed by atoms with Gasteiger partial charge in [0.1, 0.15) is 36.3 Å². The maximum absolute atomic E-state index is 13.9. The number of hydrogen-bond acceptors (Lipinski definition) is 12. The number of carboxylic acids is 2. The van der Waals surface area contributed by atoms with Gasteiger partial charge < -0.3 is 58.3 Å². The minimum absolute atomic E-state index is 0.0484. The van der Waals surface area contributed by atoms with Gasteiger partial charge in [0, 0.05) is 32.1 Å². The highest BCUT2D eigenvalue weighted by molar-refractivity contribution is 7.98. The van der Waals surface area contributed by atoms with Crippen LogP contribution in [0.15, 0.2) is 30.3 Å². The minimum atomic E-state index is -1.75. The number of carboxylic acid groups (broad SMARTS) is 2. The Hall–Kier alpha value is -5.09. The minimum Gasteiger partial charge on any atom is -0.481 e. The molecule has 0 spiro atoms. The summed E-state index contributed by atoms with van der Waals surface area (Å²) in [6, 6.07) is 0.0503. The largest absolute Gasteiger partial charge is 0.481 e. The lowest BCUT2D eigenvalue weighted by Gasteiger charge is -2.27. The van der Waals surface area contributed by atoms with Crippen LogP contribution in [0, 0.1) is 5.41 Å². The lowest BCUT2D eigenvalue weighted by Crippen LogP contribution is -2.60. The van der Waals surface area contributed by atoms with Gasteiger partial charge >= 0.3 is 11.9 Å². The van der Waals surface area contributed by atoms with Crippen LogP contribution in [0.3, 0.4) is 0 Å². The SMILES string of the molecule is CSCC[C@H](NC(=O)[C@H](CS)NC(C)=O)C(=O)N[C@@H](CCCNC(=N)N)C(=O)N[C@@H](Cc1ccccc1)C(=O)N[C@@H](CCC(=O)O)C(=O)N[C@@H](CO)C(=O)O. The molecule has 306 valence electrons. The Balaban J connectivity index is 3.46. The predicted octanol–water partition coefficient (Wildman–Crippen LogP) is -2.95. The third-order valence-electron chi connectivity index (χ3n) is 7.73. The summed E-state index contributed by atoms with van der Waals surface area (Å²) >= 11 is 5.50. The van der Waals surface area contributed by atoms with E-state index in [-0.39, 0.29) is 43.9 Å². The van der Waals surface area contributed by atoms with Gasteiger partial charge in [0.2, 0.25) is 35.4 Å². The fourth-order valence-corrected chi connectivity index (χ4v) is 5.61. The Morgan fingerprint density at radius 2 is 1.24 bits per heavy atom. The van der Waals surface area contributed by atoms with Crippen LogP contribution in [0.4, 0.5) is 0 Å². The molecule has 0 unspecified atom stereocenters. The summed E-state index contributed by atoms with van der Waals surface area (Å²) in [6.45, 7) is 0.352. The molecule has 0 aliphatic heterocycles. The van der Waals surface area contributed by atoms with Crippen molar-refractivity contribution < 1.29 is 53.7 Å². The number of amides is 6. The standard InChI is InChI=1S/C33H51N9O11S2/c1-18(44)37-25(17-54)31(51)40-22(12-14-55-2)29(49)38-20(9-6-13-36-33(34)35)27(47)41-23(15-19-7-4-3-5-8-19)30(50)39-21(10-11-26(45)46)28(48)42-24(16-43)32(52)53/h3-5,7-8,20-25,43,54H,6,9-17H2,1-2H3,(H,37,44)(H,38,49)(H,39,50)(H,40,51)(H,41,47)(H,42,48)(H,45,46)(H,52,53)(H4,34,35,36)/t20-,21-,22-,23-,24-,25-/m0/s1. The van der Waals surface area contributed by atoms with E-state index in [0.717, 1.165) is 0 Å². The quantitative estimate of drug-likeness (QED) is 0.0193. The van der Waals surface area contributed by atoms with Crippen LogP contribution in [0.2, 0.25) is 0 Å². The Morgan fingerprint density at radius 1 is 0.745 bits per heavy atom. The van der Waals surface area contributed by atoms with Gasteiger partial charge in [-0.05, 0) is 43.3 Å². The van der Waals surface area contributed by atoms with Gasteiger partial charge in [-0.2, -0.15) is 24.4 Å². The molecule has 0 heterocycles. The second-order valence-corrected chi connectivity index (χ2v) is 13.5. The van der Waals surface area contributed by atoms with E-state index in [1.54, 1.807) is 36.6 Å². The number of aliphatic carboxylic acids is 2. The maximum Gasteiger partial charge on any atom is 0.328 e. The molecule has 22 heteroatoms. The van der Waals surface area contributed by atoms with Crippen LogP contribution >= 0.6 is 24.4 Å². The van der Waals surface area contributed by atoms with E-state index in [2.05, 4.69) is 44.5 Å². The topological polar surface area (TPSA) is 331 Å². The summed E-state index contributed by atoms with van der Waals surface area (Å²) in [7, 11) is 0. The van der Waals surface area contributed by atoms with Gasteiger partial charge in [0.15, 0.2) is 5.96 Å². The number of thioether (sulfide) groups is 1. The highest BCUT2D eigenvalue weighted by Gasteiger charge is 2.33. The van der Waals surface area contributed by atoms with Crippen molar-refractivity contribution in [3.8, 4) is 0 Å². The van der Waals surface area contributed by atoms with Gasteiger partial charge in [-0.25, -0.2) is 4.79 Å². The number of carbonyl (C=O) groups excluding carboxylic acids is 6. The molecular weight excluding hydrogens is 763 g/mol. The predicted molar refractivity (Wildman–Crippen MR) is 205 cm³/mol. The molecule has 0 radical (unpaired) electrons. The fourth-order valence-electron chi connectivity index (χ4n) is 4.88. The Bertz CT molecular complexity index is 1490. The molecule has 0 saturated heterocycles. The Kier molecular flexibility index (Phi) is 22.5. The average Bonchev–Trinajstić information content (AvgIpc) is 3.13. The Morgan fingerprint density at radius 3 is 1.71 bits per heavy atom. The van der Waals surface area contributed by atoms with Crippen LogP contribution < -0.4 is 43.0 Å². The third-order valence-corrected chi connectivity index (χ3v) is 8.74. The fraction of sp³-hybridized carbons (Fsp3) is 0.545. The molecule has 1 rings (SSSR count). The zero-order valence-electron chi connectivity index (χ0n) is 30.5. The van der Waals surface area contributed by atoms with Gasteiger partial charge in [-0.3, -0.25) is 39.0 Å². The van der Waals surface area contributed by atoms with Crippen LogP contribution in [0.1, 0.15) is 44.6 Å². The summed E-state index contributed by atoms with van der Waals surface area (Å²) in [4.78, 5) is 102. The number of carbonyl (C=O) groups is 8. The number of hydrogen-bond donors (Lipinski definition) is 13. The molecule has 6 atom stereocenters. The number of benzene rings is 1. The molecule has 6 amide bonds. The summed E-state index contributed by atoms with van der Waals surface area (Å²) in [5.74, 6) is -7.72. The number of aliphatic hydroxyl groups is 1. The van der Waals surface area contributed by atoms with Gasteiger partial charge in [-0.15, -0.1) is 0 Å². The van der Waals surface area contributed by atoms with Crippen molar-refractivity contribution in [2.45, 2.75) is 81.7 Å². The third kappa shape index (κ3) is 19.2. The molecule has 0 bridgehead atoms. The smallest absolute Gasteiger partial charge is 0.328 e. The summed E-state index contributed by atoms with van der Waals surface area (Å²) in [5, 5.41) is 52.5. The lowest BCUT2D eigenvalue weighted by atomic mass is 10.0. The monoisotopic (exact) mass is 813 g/mol. The zero-order valence-corrected chi connectivity index (χ0v) is 32.2. The second-order valence-electron chi connectivity index (χ2n) is 12.1. The number of nitrogens with two attached hydrogens (primary N) is 1. The van der Waals surface area contributed by atoms with E-state index in [1.165, 1.54) is 18.7 Å². The van der Waals surface area contributed by atoms with E-state index < -0.39 is 103 Å². The first kappa shape index (κ1) is 47.9. The van der Waals surface area contributed by atoms with E-state index in [1.807, 2.05) is 5.32 Å². The molecule has 0 aromatic heterocycles. The van der Waals surface area contributed by atoms with Crippen molar-refractivity contribution in [2.75, 3.05) is 30.9 Å². The highest BCUT2D eigenvalue weighted by atomic mass is 32.2. The highest BCUT2D eigenvalue weighted by Crippen LogP contribution is 2.09. The first-order valence-electron chi connectivity index (χ1n) is 17.1. The van der Waals surface area contributed by atoms with E-state index >= 15 is 0 Å². The van der Waals surface area contributed by atoms with Crippen molar-refractivity contribution in [3.63, 3.8) is 0 Å². The number of rotatable bonds is 26. The zero-order chi connectivity index (χ0) is 41.5. The van der Waals surface area contributed by atoms with Crippen molar-refractivity contribution in [2.24, 2.45) is 5.73 Å². The van der Waals surface area contributed by atoms with Crippen molar-refractivity contribution >= 4 is 77.7 Å². The summed E-state index contributed by atoms with van der Waals surface area (Å²) < 4.78 is 0. The summed E-state index contributed by atoms with van der Waals surface area (Å²) in [6.07, 6.45) is 0.829. The lowest BCUT2D eigenvalue weighted by molar-refractivity contribution is -0.144. The van der Waals surface area contributed by atoms with Crippen molar-refractivity contribution in [1.29, 1.82) is 5.41 Å². The van der Waals surface area contributed by atoms with Gasteiger partial charge in [0.25, 0.3) is 0 Å². The van der Waals surface area contributed by atoms with Crippen LogP contribution in [0.25, 0.3) is 0 Å².